The molecule has 20 heavy (non-hydrogen) atoms. The molecule has 0 aliphatic rings. The van der Waals surface area contributed by atoms with Crippen molar-refractivity contribution >= 4 is 10.0 Å². The number of nitrogens with two attached hydrogens (primary N) is 1. The van der Waals surface area contributed by atoms with Crippen molar-refractivity contribution < 1.29 is 8.42 Å². The molecule has 0 amide bonds. The number of hydrogen-bond acceptors (Lipinski definition) is 2. The first-order chi connectivity index (χ1) is 9.27. The van der Waals surface area contributed by atoms with Gasteiger partial charge in [-0.25, -0.2) is 13.6 Å². The van der Waals surface area contributed by atoms with E-state index in [2.05, 4.69) is 32.9 Å². The van der Waals surface area contributed by atoms with Gasteiger partial charge in [-0.3, -0.25) is 0 Å². The minimum Gasteiger partial charge on any atom is -0.225 e. The van der Waals surface area contributed by atoms with E-state index in [1.54, 1.807) is 12.1 Å². The highest BCUT2D eigenvalue weighted by molar-refractivity contribution is 7.89. The van der Waals surface area contributed by atoms with Gasteiger partial charge in [0.1, 0.15) is 0 Å². The van der Waals surface area contributed by atoms with Crippen molar-refractivity contribution in [2.45, 2.75) is 32.1 Å². The van der Waals surface area contributed by atoms with Gasteiger partial charge < -0.3 is 0 Å². The number of benzene rings is 2. The van der Waals surface area contributed by atoms with Crippen LogP contribution in [0.2, 0.25) is 0 Å². The number of aryl methyl sites for hydroxylation is 3. The summed E-state index contributed by atoms with van der Waals surface area (Å²) >= 11 is 0. The monoisotopic (exact) mass is 289 g/mol. The molecule has 0 aromatic heterocycles. The highest BCUT2D eigenvalue weighted by Gasteiger charge is 2.10. The van der Waals surface area contributed by atoms with Crippen molar-refractivity contribution in [3.63, 3.8) is 0 Å². The van der Waals surface area contributed by atoms with Crippen LogP contribution >= 0.6 is 0 Å². The molecule has 2 aromatic rings. The Kier molecular flexibility index (Phi) is 3.97. The van der Waals surface area contributed by atoms with Crippen LogP contribution in [0.25, 0.3) is 0 Å². The van der Waals surface area contributed by atoms with Crippen LogP contribution < -0.4 is 5.14 Å². The molecule has 4 heteroatoms. The van der Waals surface area contributed by atoms with E-state index in [1.807, 2.05) is 6.07 Å². The zero-order chi connectivity index (χ0) is 14.9. The summed E-state index contributed by atoms with van der Waals surface area (Å²) in [5.74, 6) is 0. The Bertz CT molecular complexity index is 726. The number of sulfonamides is 1. The molecule has 0 heterocycles. The van der Waals surface area contributed by atoms with Gasteiger partial charge in [0.05, 0.1) is 4.90 Å². The predicted octanol–water partition coefficient (Wildman–Crippen LogP) is 2.85. The zero-order valence-corrected chi connectivity index (χ0v) is 12.8. The standard InChI is InChI=1S/C16H19NO2S/c1-11-7-12(2)16(13(3)8-11)10-14-5-4-6-15(9-14)20(17,18)19/h4-9H,10H2,1-3H3,(H2,17,18,19). The van der Waals surface area contributed by atoms with E-state index in [-0.39, 0.29) is 4.90 Å². The fourth-order valence-corrected chi connectivity index (χ4v) is 3.11. The van der Waals surface area contributed by atoms with Crippen molar-refractivity contribution in [2.24, 2.45) is 5.14 Å². The summed E-state index contributed by atoms with van der Waals surface area (Å²) < 4.78 is 22.8. The molecule has 0 atom stereocenters. The number of hydrogen-bond donors (Lipinski definition) is 1. The van der Waals surface area contributed by atoms with Gasteiger partial charge in [-0.1, -0.05) is 29.8 Å². The first-order valence-electron chi connectivity index (χ1n) is 6.46. The highest BCUT2D eigenvalue weighted by Crippen LogP contribution is 2.21. The Morgan fingerprint density at radius 3 is 2.15 bits per heavy atom. The maximum absolute atomic E-state index is 11.4. The minimum absolute atomic E-state index is 0.164. The summed E-state index contributed by atoms with van der Waals surface area (Å²) in [5, 5.41) is 5.17. The van der Waals surface area contributed by atoms with E-state index in [0.29, 0.717) is 6.42 Å². The van der Waals surface area contributed by atoms with Crippen LogP contribution in [0, 0.1) is 20.8 Å². The van der Waals surface area contributed by atoms with Gasteiger partial charge in [-0.05, 0) is 61.6 Å². The molecule has 2 rings (SSSR count). The second-order valence-electron chi connectivity index (χ2n) is 5.25. The molecule has 0 unspecified atom stereocenters. The summed E-state index contributed by atoms with van der Waals surface area (Å²) in [7, 11) is -3.64. The SMILES string of the molecule is Cc1cc(C)c(Cc2cccc(S(N)(=O)=O)c2)c(C)c1. The molecule has 0 aliphatic carbocycles. The van der Waals surface area contributed by atoms with Crippen LogP contribution in [0.4, 0.5) is 0 Å². The molecule has 2 aromatic carbocycles. The Hall–Kier alpha value is -1.65. The molecular formula is C16H19NO2S. The third-order valence-corrected chi connectivity index (χ3v) is 4.36. The van der Waals surface area contributed by atoms with E-state index >= 15 is 0 Å². The maximum atomic E-state index is 11.4. The van der Waals surface area contributed by atoms with Crippen molar-refractivity contribution in [2.75, 3.05) is 0 Å². The predicted molar refractivity (Wildman–Crippen MR) is 81.3 cm³/mol. The largest absolute Gasteiger partial charge is 0.238 e. The van der Waals surface area contributed by atoms with Gasteiger partial charge in [-0.2, -0.15) is 0 Å². The van der Waals surface area contributed by atoms with E-state index < -0.39 is 10.0 Å². The van der Waals surface area contributed by atoms with Crippen molar-refractivity contribution in [1.29, 1.82) is 0 Å². The van der Waals surface area contributed by atoms with Crippen molar-refractivity contribution in [3.8, 4) is 0 Å². The Morgan fingerprint density at radius 2 is 1.60 bits per heavy atom. The summed E-state index contributed by atoms with van der Waals surface area (Å²) in [6, 6.07) is 11.1. The van der Waals surface area contributed by atoms with Gasteiger partial charge in [-0.15, -0.1) is 0 Å². The van der Waals surface area contributed by atoms with E-state index in [4.69, 9.17) is 5.14 Å². The van der Waals surface area contributed by atoms with Gasteiger partial charge in [0.25, 0.3) is 0 Å². The smallest absolute Gasteiger partial charge is 0.225 e. The lowest BCUT2D eigenvalue weighted by Crippen LogP contribution is -2.12. The van der Waals surface area contributed by atoms with E-state index in [0.717, 1.165) is 5.56 Å². The van der Waals surface area contributed by atoms with Crippen LogP contribution in [-0.2, 0) is 16.4 Å². The quantitative estimate of drug-likeness (QED) is 0.944. The number of primary sulfonamides is 1. The second kappa shape index (κ2) is 5.38. The lowest BCUT2D eigenvalue weighted by molar-refractivity contribution is 0.597. The topological polar surface area (TPSA) is 60.2 Å². The molecule has 0 spiro atoms. The fraction of sp³-hybridized carbons (Fsp3) is 0.250. The molecular weight excluding hydrogens is 270 g/mol. The first-order valence-corrected chi connectivity index (χ1v) is 8.00. The van der Waals surface area contributed by atoms with Gasteiger partial charge >= 0.3 is 0 Å². The average Bonchev–Trinajstić information content (AvgIpc) is 2.33. The summed E-state index contributed by atoms with van der Waals surface area (Å²) in [5.41, 5.74) is 5.88. The fourth-order valence-electron chi connectivity index (χ4n) is 2.53. The number of rotatable bonds is 3. The summed E-state index contributed by atoms with van der Waals surface area (Å²) in [4.78, 5) is 0.164. The molecule has 0 radical (unpaired) electrons. The van der Waals surface area contributed by atoms with Crippen LogP contribution in [0.1, 0.15) is 27.8 Å². The Balaban J connectivity index is 2.41. The van der Waals surface area contributed by atoms with Crippen LogP contribution in [0.15, 0.2) is 41.3 Å². The maximum Gasteiger partial charge on any atom is 0.238 e. The van der Waals surface area contributed by atoms with Gasteiger partial charge in [0, 0.05) is 0 Å². The molecule has 2 N–H and O–H groups in total. The second-order valence-corrected chi connectivity index (χ2v) is 6.81. The first kappa shape index (κ1) is 14.8. The summed E-state index contributed by atoms with van der Waals surface area (Å²) in [6.45, 7) is 6.24. The Morgan fingerprint density at radius 1 is 1.00 bits per heavy atom. The van der Waals surface area contributed by atoms with Crippen LogP contribution in [0.3, 0.4) is 0 Å². The zero-order valence-electron chi connectivity index (χ0n) is 12.0. The van der Waals surface area contributed by atoms with Crippen LogP contribution in [0.5, 0.6) is 0 Å². The van der Waals surface area contributed by atoms with Gasteiger partial charge in [0.2, 0.25) is 10.0 Å². The molecule has 0 aliphatic heterocycles. The molecule has 0 fully saturated rings. The Labute approximate surface area is 120 Å². The van der Waals surface area contributed by atoms with Crippen molar-refractivity contribution in [1.82, 2.24) is 0 Å². The summed E-state index contributed by atoms with van der Waals surface area (Å²) in [6.07, 6.45) is 0.710. The third-order valence-electron chi connectivity index (χ3n) is 3.45. The molecule has 0 saturated heterocycles. The third kappa shape index (κ3) is 3.26. The normalized spacial score (nSPS) is 11.6. The minimum atomic E-state index is -3.64. The van der Waals surface area contributed by atoms with Gasteiger partial charge in [0.15, 0.2) is 0 Å². The highest BCUT2D eigenvalue weighted by atomic mass is 32.2. The van der Waals surface area contributed by atoms with E-state index in [1.165, 1.54) is 28.3 Å². The molecule has 0 saturated carbocycles. The molecule has 106 valence electrons. The van der Waals surface area contributed by atoms with E-state index in [9.17, 15) is 8.42 Å². The lowest BCUT2D eigenvalue weighted by atomic mass is 9.94. The molecule has 0 bridgehead atoms. The average molecular weight is 289 g/mol. The van der Waals surface area contributed by atoms with Crippen LogP contribution in [-0.4, -0.2) is 8.42 Å². The van der Waals surface area contributed by atoms with Crippen molar-refractivity contribution in [3.05, 3.63) is 64.2 Å². The molecule has 3 nitrogen and oxygen atoms in total. The lowest BCUT2D eigenvalue weighted by Gasteiger charge is -2.12.